The number of amides is 1. The zero-order chi connectivity index (χ0) is 12.1. The first-order valence-electron chi connectivity index (χ1n) is 5.44. The molecule has 0 bridgehead atoms. The number of carbonyl (C=O) groups excluding carboxylic acids is 1. The van der Waals surface area contributed by atoms with Crippen molar-refractivity contribution in [3.05, 3.63) is 12.2 Å². The normalized spacial score (nSPS) is 14.5. The van der Waals surface area contributed by atoms with Gasteiger partial charge >= 0.3 is 0 Å². The predicted octanol–water partition coefficient (Wildman–Crippen LogP) is -0.00970. The van der Waals surface area contributed by atoms with Crippen LogP contribution in [0.15, 0.2) is 6.33 Å². The molecule has 2 N–H and O–H groups in total. The highest BCUT2D eigenvalue weighted by atomic mass is 16.2. The van der Waals surface area contributed by atoms with Crippen molar-refractivity contribution in [2.45, 2.75) is 32.9 Å². The lowest BCUT2D eigenvalue weighted by Crippen LogP contribution is -2.43. The Morgan fingerprint density at radius 3 is 2.75 bits per heavy atom. The Hall–Kier alpha value is -1.43. The summed E-state index contributed by atoms with van der Waals surface area (Å²) in [5.41, 5.74) is 0. The number of hydrogen-bond donors (Lipinski definition) is 2. The van der Waals surface area contributed by atoms with Crippen LogP contribution in [0.25, 0.3) is 0 Å². The molecule has 0 saturated heterocycles. The van der Waals surface area contributed by atoms with E-state index in [1.165, 1.54) is 0 Å². The Balaban J connectivity index is 2.54. The minimum atomic E-state index is -0.244. The van der Waals surface area contributed by atoms with Crippen LogP contribution in [0.3, 0.4) is 0 Å². The molecule has 2 atom stereocenters. The summed E-state index contributed by atoms with van der Waals surface area (Å²) in [7, 11) is 1.88. The van der Waals surface area contributed by atoms with Crippen LogP contribution in [0.1, 0.15) is 32.6 Å². The van der Waals surface area contributed by atoms with Crippen LogP contribution >= 0.6 is 0 Å². The monoisotopic (exact) mass is 225 g/mol. The zero-order valence-corrected chi connectivity index (χ0v) is 10.2. The molecule has 0 aliphatic heterocycles. The summed E-state index contributed by atoms with van der Waals surface area (Å²) in [5.74, 6) is 0.813. The van der Waals surface area contributed by atoms with Crippen molar-refractivity contribution in [2.75, 3.05) is 6.54 Å². The third kappa shape index (κ3) is 3.03. The van der Waals surface area contributed by atoms with Crippen molar-refractivity contribution in [3.8, 4) is 0 Å². The van der Waals surface area contributed by atoms with E-state index >= 15 is 0 Å². The maximum atomic E-state index is 11.5. The molecule has 2 unspecified atom stereocenters. The Labute approximate surface area is 95.4 Å². The van der Waals surface area contributed by atoms with Crippen molar-refractivity contribution in [1.82, 2.24) is 25.4 Å². The molecule has 0 fully saturated rings. The topological polar surface area (TPSA) is 71.8 Å². The van der Waals surface area contributed by atoms with Gasteiger partial charge in [0.15, 0.2) is 0 Å². The first kappa shape index (κ1) is 12.6. The van der Waals surface area contributed by atoms with Crippen LogP contribution in [0.5, 0.6) is 0 Å². The van der Waals surface area contributed by atoms with Gasteiger partial charge in [-0.2, -0.15) is 0 Å². The second kappa shape index (κ2) is 5.60. The van der Waals surface area contributed by atoms with E-state index in [1.807, 2.05) is 32.4 Å². The summed E-state index contributed by atoms with van der Waals surface area (Å²) in [6, 6.07) is -0.253. The van der Waals surface area contributed by atoms with Gasteiger partial charge in [-0.15, -0.1) is 10.2 Å². The molecule has 0 aromatic carbocycles. The number of hydrogen-bond acceptors (Lipinski definition) is 4. The Bertz CT molecular complexity index is 349. The molecule has 1 amide bonds. The van der Waals surface area contributed by atoms with E-state index in [0.717, 1.165) is 5.82 Å². The molecule has 0 radical (unpaired) electrons. The molecular weight excluding hydrogens is 206 g/mol. The second-order valence-electron chi connectivity index (χ2n) is 3.80. The number of nitrogens with zero attached hydrogens (tertiary/aromatic N) is 3. The van der Waals surface area contributed by atoms with E-state index in [0.29, 0.717) is 6.54 Å². The third-order valence-electron chi connectivity index (χ3n) is 2.38. The average Bonchev–Trinajstić information content (AvgIpc) is 2.64. The quantitative estimate of drug-likeness (QED) is 0.739. The van der Waals surface area contributed by atoms with Gasteiger partial charge in [0.1, 0.15) is 12.2 Å². The highest BCUT2D eigenvalue weighted by Gasteiger charge is 2.18. The lowest BCUT2D eigenvalue weighted by Gasteiger charge is -2.18. The number of nitrogens with one attached hydrogen (secondary N) is 2. The van der Waals surface area contributed by atoms with Crippen LogP contribution in [0.4, 0.5) is 0 Å². The highest BCUT2D eigenvalue weighted by Crippen LogP contribution is 2.07. The minimum Gasteiger partial charge on any atom is -0.355 e. The summed E-state index contributed by atoms with van der Waals surface area (Å²) < 4.78 is 1.84. The largest absolute Gasteiger partial charge is 0.355 e. The molecule has 0 spiro atoms. The van der Waals surface area contributed by atoms with Gasteiger partial charge in [-0.25, -0.2) is 0 Å². The summed E-state index contributed by atoms with van der Waals surface area (Å²) in [5, 5.41) is 13.7. The van der Waals surface area contributed by atoms with Gasteiger partial charge in [0.25, 0.3) is 0 Å². The van der Waals surface area contributed by atoms with Crippen LogP contribution < -0.4 is 10.6 Å². The molecule has 0 aliphatic rings. The molecule has 1 aromatic rings. The highest BCUT2D eigenvalue weighted by molar-refractivity contribution is 5.81. The fraction of sp³-hybridized carbons (Fsp3) is 0.700. The zero-order valence-electron chi connectivity index (χ0n) is 10.2. The fourth-order valence-electron chi connectivity index (χ4n) is 1.54. The number of rotatable bonds is 5. The van der Waals surface area contributed by atoms with E-state index in [9.17, 15) is 4.79 Å². The Kier molecular flexibility index (Phi) is 4.42. The first-order chi connectivity index (χ1) is 7.56. The molecule has 1 rings (SSSR count). The SMILES string of the molecule is CCNC(=O)C(C)NC(C)c1nncn1C. The Morgan fingerprint density at radius 1 is 1.56 bits per heavy atom. The molecule has 1 heterocycles. The minimum absolute atomic E-state index is 0.00322. The van der Waals surface area contributed by atoms with Gasteiger partial charge in [0, 0.05) is 13.6 Å². The molecule has 16 heavy (non-hydrogen) atoms. The average molecular weight is 225 g/mol. The van der Waals surface area contributed by atoms with Gasteiger partial charge < -0.3 is 9.88 Å². The maximum Gasteiger partial charge on any atom is 0.236 e. The molecule has 90 valence electrons. The van der Waals surface area contributed by atoms with E-state index < -0.39 is 0 Å². The summed E-state index contributed by atoms with van der Waals surface area (Å²) >= 11 is 0. The lowest BCUT2D eigenvalue weighted by atomic mass is 10.2. The van der Waals surface area contributed by atoms with Crippen LogP contribution in [-0.4, -0.2) is 33.3 Å². The van der Waals surface area contributed by atoms with Crippen LogP contribution in [0, 0.1) is 0 Å². The van der Waals surface area contributed by atoms with Crippen molar-refractivity contribution in [3.63, 3.8) is 0 Å². The first-order valence-corrected chi connectivity index (χ1v) is 5.44. The number of aromatic nitrogens is 3. The molecular formula is C10H19N5O. The number of aryl methyl sites for hydroxylation is 1. The van der Waals surface area contributed by atoms with Crippen LogP contribution in [-0.2, 0) is 11.8 Å². The van der Waals surface area contributed by atoms with Crippen LogP contribution in [0.2, 0.25) is 0 Å². The summed E-state index contributed by atoms with van der Waals surface area (Å²) in [6.07, 6.45) is 1.64. The fourth-order valence-corrected chi connectivity index (χ4v) is 1.54. The molecule has 0 aliphatic carbocycles. The van der Waals surface area contributed by atoms with E-state index in [-0.39, 0.29) is 18.0 Å². The van der Waals surface area contributed by atoms with Crippen molar-refractivity contribution in [1.29, 1.82) is 0 Å². The summed E-state index contributed by atoms with van der Waals surface area (Å²) in [4.78, 5) is 11.5. The molecule has 0 saturated carbocycles. The van der Waals surface area contributed by atoms with Crippen molar-refractivity contribution >= 4 is 5.91 Å². The number of carbonyl (C=O) groups is 1. The van der Waals surface area contributed by atoms with Gasteiger partial charge in [-0.1, -0.05) is 0 Å². The summed E-state index contributed by atoms with van der Waals surface area (Å²) in [6.45, 7) is 6.33. The van der Waals surface area contributed by atoms with E-state index in [2.05, 4.69) is 20.8 Å². The Morgan fingerprint density at radius 2 is 2.25 bits per heavy atom. The van der Waals surface area contributed by atoms with Gasteiger partial charge in [-0.3, -0.25) is 10.1 Å². The lowest BCUT2D eigenvalue weighted by molar-refractivity contribution is -0.122. The van der Waals surface area contributed by atoms with Gasteiger partial charge in [0.2, 0.25) is 5.91 Å². The molecule has 1 aromatic heterocycles. The van der Waals surface area contributed by atoms with E-state index in [4.69, 9.17) is 0 Å². The predicted molar refractivity (Wildman–Crippen MR) is 60.7 cm³/mol. The van der Waals surface area contributed by atoms with Crippen molar-refractivity contribution < 1.29 is 4.79 Å². The standard InChI is InChI=1S/C10H19N5O/c1-5-11-10(16)8(3)13-7(2)9-14-12-6-15(9)4/h6-8,13H,5H2,1-4H3,(H,11,16). The number of likely N-dealkylation sites (N-methyl/N-ethyl adjacent to an activating group) is 1. The van der Waals surface area contributed by atoms with E-state index in [1.54, 1.807) is 6.33 Å². The second-order valence-corrected chi connectivity index (χ2v) is 3.80. The smallest absolute Gasteiger partial charge is 0.236 e. The maximum absolute atomic E-state index is 11.5. The van der Waals surface area contributed by atoms with Crippen molar-refractivity contribution in [2.24, 2.45) is 7.05 Å². The molecule has 6 heteroatoms. The van der Waals surface area contributed by atoms with Gasteiger partial charge in [-0.05, 0) is 20.8 Å². The van der Waals surface area contributed by atoms with Gasteiger partial charge in [0.05, 0.1) is 12.1 Å². The third-order valence-corrected chi connectivity index (χ3v) is 2.38. The molecule has 6 nitrogen and oxygen atoms in total.